The Hall–Kier alpha value is -1.85. The highest BCUT2D eigenvalue weighted by Gasteiger charge is 2.03. The molecule has 0 aliphatic rings. The highest BCUT2D eigenvalue weighted by Crippen LogP contribution is 2.21. The maximum Gasteiger partial charge on any atom is 0.0775 e. The largest absolute Gasteiger partial charge is 0.252 e. The quantitative estimate of drug-likeness (QED) is 0.789. The number of halogens is 1. The second-order valence-electron chi connectivity index (χ2n) is 3.36. The SMILES string of the molecule is N#CCc1cc(Cl)cc(-c2ccccc2)n1. The third-order valence-electron chi connectivity index (χ3n) is 2.17. The van der Waals surface area contributed by atoms with Crippen molar-refractivity contribution in [1.29, 1.82) is 5.26 Å². The summed E-state index contributed by atoms with van der Waals surface area (Å²) < 4.78 is 0. The van der Waals surface area contributed by atoms with E-state index in [0.29, 0.717) is 10.7 Å². The Kier molecular flexibility index (Phi) is 3.19. The Morgan fingerprint density at radius 3 is 2.62 bits per heavy atom. The Balaban J connectivity index is 2.46. The molecule has 3 heteroatoms. The van der Waals surface area contributed by atoms with Gasteiger partial charge in [-0.15, -0.1) is 0 Å². The number of hydrogen-bond acceptors (Lipinski definition) is 2. The van der Waals surface area contributed by atoms with Crippen LogP contribution < -0.4 is 0 Å². The lowest BCUT2D eigenvalue weighted by molar-refractivity contribution is 1.12. The minimum atomic E-state index is 0.278. The number of benzene rings is 1. The van der Waals surface area contributed by atoms with Crippen LogP contribution in [0.25, 0.3) is 11.3 Å². The molecule has 0 N–H and O–H groups in total. The third kappa shape index (κ3) is 2.39. The summed E-state index contributed by atoms with van der Waals surface area (Å²) in [5.41, 5.74) is 2.51. The molecule has 0 bridgehead atoms. The van der Waals surface area contributed by atoms with Crippen LogP contribution in [0.2, 0.25) is 5.02 Å². The summed E-state index contributed by atoms with van der Waals surface area (Å²) in [5.74, 6) is 0. The maximum absolute atomic E-state index is 8.64. The zero-order chi connectivity index (χ0) is 11.4. The molecular weight excluding hydrogens is 220 g/mol. The molecule has 0 aliphatic heterocycles. The zero-order valence-electron chi connectivity index (χ0n) is 8.52. The van der Waals surface area contributed by atoms with Crippen molar-refractivity contribution in [3.8, 4) is 17.3 Å². The van der Waals surface area contributed by atoms with Gasteiger partial charge in [-0.05, 0) is 12.1 Å². The molecule has 1 aromatic heterocycles. The molecule has 78 valence electrons. The number of aromatic nitrogens is 1. The summed E-state index contributed by atoms with van der Waals surface area (Å²) >= 11 is 5.99. The highest BCUT2D eigenvalue weighted by molar-refractivity contribution is 6.30. The van der Waals surface area contributed by atoms with Crippen LogP contribution in [0.5, 0.6) is 0 Å². The van der Waals surface area contributed by atoms with Crippen molar-refractivity contribution >= 4 is 11.6 Å². The van der Waals surface area contributed by atoms with Crippen molar-refractivity contribution in [2.45, 2.75) is 6.42 Å². The van der Waals surface area contributed by atoms with Gasteiger partial charge in [0.15, 0.2) is 0 Å². The maximum atomic E-state index is 8.64. The van der Waals surface area contributed by atoms with Gasteiger partial charge in [0.2, 0.25) is 0 Å². The van der Waals surface area contributed by atoms with E-state index in [1.807, 2.05) is 30.3 Å². The smallest absolute Gasteiger partial charge is 0.0775 e. The molecule has 16 heavy (non-hydrogen) atoms. The van der Waals surface area contributed by atoms with Crippen LogP contribution in [-0.4, -0.2) is 4.98 Å². The van der Waals surface area contributed by atoms with Gasteiger partial charge in [0.1, 0.15) is 0 Å². The predicted molar refractivity (Wildman–Crippen MR) is 64.0 cm³/mol. The normalized spacial score (nSPS) is 9.75. The van der Waals surface area contributed by atoms with E-state index in [0.717, 1.165) is 11.3 Å². The van der Waals surface area contributed by atoms with Crippen LogP contribution in [0.1, 0.15) is 5.69 Å². The van der Waals surface area contributed by atoms with E-state index in [1.165, 1.54) is 0 Å². The van der Waals surface area contributed by atoms with E-state index in [1.54, 1.807) is 12.1 Å². The number of rotatable bonds is 2. The molecule has 0 unspecified atom stereocenters. The first-order valence-electron chi connectivity index (χ1n) is 4.88. The van der Waals surface area contributed by atoms with Crippen LogP contribution in [0.4, 0.5) is 0 Å². The second-order valence-corrected chi connectivity index (χ2v) is 3.80. The number of pyridine rings is 1. The van der Waals surface area contributed by atoms with Gasteiger partial charge >= 0.3 is 0 Å². The molecule has 2 rings (SSSR count). The van der Waals surface area contributed by atoms with Gasteiger partial charge in [-0.3, -0.25) is 4.98 Å². The molecule has 2 nitrogen and oxygen atoms in total. The first kappa shape index (κ1) is 10.7. The zero-order valence-corrected chi connectivity index (χ0v) is 9.28. The molecule has 0 saturated heterocycles. The molecule has 0 fully saturated rings. The van der Waals surface area contributed by atoms with Gasteiger partial charge in [0, 0.05) is 10.6 Å². The molecule has 1 aromatic carbocycles. The lowest BCUT2D eigenvalue weighted by Gasteiger charge is -2.03. The van der Waals surface area contributed by atoms with Crippen molar-refractivity contribution in [2.75, 3.05) is 0 Å². The fraction of sp³-hybridized carbons (Fsp3) is 0.0769. The Morgan fingerprint density at radius 2 is 1.94 bits per heavy atom. The average Bonchev–Trinajstić information content (AvgIpc) is 2.30. The highest BCUT2D eigenvalue weighted by atomic mass is 35.5. The van der Waals surface area contributed by atoms with Crippen molar-refractivity contribution in [1.82, 2.24) is 4.98 Å². The van der Waals surface area contributed by atoms with Gasteiger partial charge in [-0.1, -0.05) is 41.9 Å². The van der Waals surface area contributed by atoms with Crippen LogP contribution in [0.15, 0.2) is 42.5 Å². The summed E-state index contributed by atoms with van der Waals surface area (Å²) in [6, 6.07) is 15.4. The second kappa shape index (κ2) is 4.78. The molecule has 1 heterocycles. The van der Waals surface area contributed by atoms with E-state index in [4.69, 9.17) is 16.9 Å². The van der Waals surface area contributed by atoms with E-state index >= 15 is 0 Å². The van der Waals surface area contributed by atoms with Crippen LogP contribution >= 0.6 is 11.6 Å². The predicted octanol–water partition coefficient (Wildman–Crippen LogP) is 3.47. The lowest BCUT2D eigenvalue weighted by Crippen LogP contribution is -1.91. The number of nitriles is 1. The van der Waals surface area contributed by atoms with Crippen LogP contribution in [0, 0.1) is 11.3 Å². The number of hydrogen-bond donors (Lipinski definition) is 0. The monoisotopic (exact) mass is 228 g/mol. The Labute approximate surface area is 99.1 Å². The lowest BCUT2D eigenvalue weighted by atomic mass is 10.1. The summed E-state index contributed by atoms with van der Waals surface area (Å²) in [6.45, 7) is 0. The molecule has 0 atom stereocenters. The van der Waals surface area contributed by atoms with Crippen molar-refractivity contribution in [3.63, 3.8) is 0 Å². The fourth-order valence-corrected chi connectivity index (χ4v) is 1.71. The number of nitrogens with zero attached hydrogens (tertiary/aromatic N) is 2. The van der Waals surface area contributed by atoms with E-state index in [9.17, 15) is 0 Å². The Bertz CT molecular complexity index is 529. The molecule has 0 aliphatic carbocycles. The molecule has 0 radical (unpaired) electrons. The minimum absolute atomic E-state index is 0.278. The van der Waals surface area contributed by atoms with Gasteiger partial charge in [0.25, 0.3) is 0 Å². The average molecular weight is 229 g/mol. The van der Waals surface area contributed by atoms with E-state index < -0.39 is 0 Å². The van der Waals surface area contributed by atoms with Gasteiger partial charge in [0.05, 0.1) is 23.9 Å². The van der Waals surface area contributed by atoms with Crippen molar-refractivity contribution < 1.29 is 0 Å². The van der Waals surface area contributed by atoms with Crippen LogP contribution in [0.3, 0.4) is 0 Å². The summed E-state index contributed by atoms with van der Waals surface area (Å²) in [7, 11) is 0. The van der Waals surface area contributed by atoms with Crippen LogP contribution in [-0.2, 0) is 6.42 Å². The Morgan fingerprint density at radius 1 is 1.19 bits per heavy atom. The molecule has 0 amide bonds. The summed E-state index contributed by atoms with van der Waals surface area (Å²) in [6.07, 6.45) is 0.278. The van der Waals surface area contributed by atoms with E-state index in [2.05, 4.69) is 11.1 Å². The molecule has 0 saturated carbocycles. The van der Waals surface area contributed by atoms with Gasteiger partial charge in [-0.2, -0.15) is 5.26 Å². The standard InChI is InChI=1S/C13H9ClN2/c14-11-8-12(6-7-15)16-13(9-11)10-4-2-1-3-5-10/h1-5,8-9H,6H2. The first-order valence-corrected chi connectivity index (χ1v) is 5.26. The molecular formula is C13H9ClN2. The van der Waals surface area contributed by atoms with Gasteiger partial charge in [-0.25, -0.2) is 0 Å². The third-order valence-corrected chi connectivity index (χ3v) is 2.39. The summed E-state index contributed by atoms with van der Waals surface area (Å²) in [5, 5.41) is 9.25. The topological polar surface area (TPSA) is 36.7 Å². The van der Waals surface area contributed by atoms with Crippen molar-refractivity contribution in [2.24, 2.45) is 0 Å². The molecule has 0 spiro atoms. The molecule has 2 aromatic rings. The van der Waals surface area contributed by atoms with Gasteiger partial charge < -0.3 is 0 Å². The van der Waals surface area contributed by atoms with E-state index in [-0.39, 0.29) is 6.42 Å². The fourth-order valence-electron chi connectivity index (χ4n) is 1.48. The summed E-state index contributed by atoms with van der Waals surface area (Å²) in [4.78, 5) is 4.39. The van der Waals surface area contributed by atoms with Crippen molar-refractivity contribution in [3.05, 3.63) is 53.2 Å². The first-order chi connectivity index (χ1) is 7.79. The minimum Gasteiger partial charge on any atom is -0.252 e.